The maximum absolute atomic E-state index is 5.04. The Kier molecular flexibility index (Phi) is 3.14. The number of nitrogens with zero attached hydrogens (tertiary/aromatic N) is 4. The molecular weight excluding hydrogens is 204 g/mol. The number of aromatic nitrogens is 4. The van der Waals surface area contributed by atoms with Gasteiger partial charge in [0.15, 0.2) is 0 Å². The molecule has 16 heavy (non-hydrogen) atoms. The topological polar surface area (TPSA) is 52.8 Å². The van der Waals surface area contributed by atoms with Crippen molar-refractivity contribution in [2.45, 2.75) is 19.8 Å². The second kappa shape index (κ2) is 4.74. The predicted octanol–water partition coefficient (Wildman–Crippen LogP) is 1.62. The summed E-state index contributed by atoms with van der Waals surface area (Å²) in [5.74, 6) is 0. The summed E-state index contributed by atoms with van der Waals surface area (Å²) in [7, 11) is 1.55. The Morgan fingerprint density at radius 2 is 2.00 bits per heavy atom. The van der Waals surface area contributed by atoms with Gasteiger partial charge in [-0.15, -0.1) is 0 Å². The van der Waals surface area contributed by atoms with Crippen LogP contribution in [0, 0.1) is 0 Å². The van der Waals surface area contributed by atoms with Gasteiger partial charge in [0.25, 0.3) is 0 Å². The normalized spacial score (nSPS) is 10.4. The van der Waals surface area contributed by atoms with E-state index < -0.39 is 0 Å². The largest absolute Gasteiger partial charge is 0.466 e. The number of hydrogen-bond acceptors (Lipinski definition) is 4. The number of methoxy groups -OCH3 is 1. The molecule has 5 heteroatoms. The van der Waals surface area contributed by atoms with Gasteiger partial charge in [0.1, 0.15) is 0 Å². The third-order valence-electron chi connectivity index (χ3n) is 2.34. The third kappa shape index (κ3) is 2.03. The fourth-order valence-electron chi connectivity index (χ4n) is 1.56. The molecule has 2 rings (SSSR count). The third-order valence-corrected chi connectivity index (χ3v) is 2.34. The van der Waals surface area contributed by atoms with E-state index in [9.17, 15) is 0 Å². The minimum Gasteiger partial charge on any atom is -0.466 e. The maximum Gasteiger partial charge on any atom is 0.340 e. The maximum atomic E-state index is 5.04. The van der Waals surface area contributed by atoms with Gasteiger partial charge in [-0.3, -0.25) is 0 Å². The SMILES string of the molecule is CCCc1ccc(-n2nnnc2OC)cc1. The molecule has 2 aromatic rings. The van der Waals surface area contributed by atoms with Crippen molar-refractivity contribution < 1.29 is 4.74 Å². The van der Waals surface area contributed by atoms with Gasteiger partial charge in [0.05, 0.1) is 12.8 Å². The fourth-order valence-corrected chi connectivity index (χ4v) is 1.56. The Labute approximate surface area is 94.0 Å². The lowest BCUT2D eigenvalue weighted by Gasteiger charge is -2.04. The lowest BCUT2D eigenvalue weighted by atomic mass is 10.1. The molecule has 0 radical (unpaired) electrons. The van der Waals surface area contributed by atoms with Crippen molar-refractivity contribution in [3.8, 4) is 11.7 Å². The number of aryl methyl sites for hydroxylation is 1. The zero-order valence-corrected chi connectivity index (χ0v) is 9.42. The molecule has 0 amide bonds. The van der Waals surface area contributed by atoms with Crippen LogP contribution in [-0.2, 0) is 6.42 Å². The van der Waals surface area contributed by atoms with Crippen LogP contribution in [0.15, 0.2) is 24.3 Å². The lowest BCUT2D eigenvalue weighted by molar-refractivity contribution is 0.368. The number of rotatable bonds is 4. The Hall–Kier alpha value is -1.91. The highest BCUT2D eigenvalue weighted by atomic mass is 16.5. The zero-order valence-electron chi connectivity index (χ0n) is 9.42. The molecule has 5 nitrogen and oxygen atoms in total. The van der Waals surface area contributed by atoms with Gasteiger partial charge in [-0.2, -0.15) is 4.68 Å². The summed E-state index contributed by atoms with van der Waals surface area (Å²) in [4.78, 5) is 0. The first kappa shape index (κ1) is 10.6. The quantitative estimate of drug-likeness (QED) is 0.782. The molecule has 1 heterocycles. The first-order valence-corrected chi connectivity index (χ1v) is 5.27. The Bertz CT molecular complexity index is 449. The van der Waals surface area contributed by atoms with Crippen molar-refractivity contribution in [3.05, 3.63) is 29.8 Å². The van der Waals surface area contributed by atoms with Gasteiger partial charge < -0.3 is 4.74 Å². The molecule has 0 aliphatic carbocycles. The van der Waals surface area contributed by atoms with Crippen LogP contribution in [-0.4, -0.2) is 27.3 Å². The van der Waals surface area contributed by atoms with Gasteiger partial charge >= 0.3 is 6.01 Å². The summed E-state index contributed by atoms with van der Waals surface area (Å²) in [6, 6.07) is 8.54. The van der Waals surface area contributed by atoms with E-state index in [0.717, 1.165) is 18.5 Å². The second-order valence-electron chi connectivity index (χ2n) is 3.49. The van der Waals surface area contributed by atoms with E-state index in [0.29, 0.717) is 6.01 Å². The van der Waals surface area contributed by atoms with Crippen molar-refractivity contribution in [2.24, 2.45) is 0 Å². The van der Waals surface area contributed by atoms with Crippen molar-refractivity contribution in [1.82, 2.24) is 20.2 Å². The van der Waals surface area contributed by atoms with Crippen molar-refractivity contribution in [2.75, 3.05) is 7.11 Å². The lowest BCUT2D eigenvalue weighted by Crippen LogP contribution is -2.00. The number of hydrogen-bond donors (Lipinski definition) is 0. The summed E-state index contributed by atoms with van der Waals surface area (Å²) >= 11 is 0. The van der Waals surface area contributed by atoms with Crippen LogP contribution in [0.5, 0.6) is 6.01 Å². The van der Waals surface area contributed by atoms with Crippen LogP contribution < -0.4 is 4.74 Å². The minimum atomic E-state index is 0.392. The summed E-state index contributed by atoms with van der Waals surface area (Å²) < 4.78 is 6.61. The highest BCUT2D eigenvalue weighted by Crippen LogP contribution is 2.14. The van der Waals surface area contributed by atoms with Gasteiger partial charge in [0, 0.05) is 0 Å². The number of tetrazole rings is 1. The summed E-state index contributed by atoms with van der Waals surface area (Å²) in [5, 5.41) is 11.2. The molecule has 0 bridgehead atoms. The van der Waals surface area contributed by atoms with Crippen molar-refractivity contribution in [1.29, 1.82) is 0 Å². The van der Waals surface area contributed by atoms with Crippen molar-refractivity contribution in [3.63, 3.8) is 0 Å². The molecule has 0 atom stereocenters. The van der Waals surface area contributed by atoms with E-state index in [-0.39, 0.29) is 0 Å². The van der Waals surface area contributed by atoms with Crippen LogP contribution in [0.1, 0.15) is 18.9 Å². The van der Waals surface area contributed by atoms with Gasteiger partial charge in [-0.25, -0.2) is 0 Å². The molecular formula is C11H14N4O. The van der Waals surface area contributed by atoms with E-state index in [2.05, 4.69) is 34.6 Å². The van der Waals surface area contributed by atoms with Crippen LogP contribution in [0.4, 0.5) is 0 Å². The molecule has 0 N–H and O–H groups in total. The van der Waals surface area contributed by atoms with Gasteiger partial charge in [0.2, 0.25) is 0 Å². The van der Waals surface area contributed by atoms with Crippen LogP contribution in [0.3, 0.4) is 0 Å². The average molecular weight is 218 g/mol. The molecule has 0 unspecified atom stereocenters. The number of benzene rings is 1. The summed E-state index contributed by atoms with van der Waals surface area (Å²) in [5.41, 5.74) is 2.22. The van der Waals surface area contributed by atoms with Crippen LogP contribution >= 0.6 is 0 Å². The van der Waals surface area contributed by atoms with E-state index >= 15 is 0 Å². The highest BCUT2D eigenvalue weighted by Gasteiger charge is 2.07. The van der Waals surface area contributed by atoms with Gasteiger partial charge in [-0.05, 0) is 34.5 Å². The molecule has 0 saturated heterocycles. The molecule has 0 aliphatic rings. The van der Waals surface area contributed by atoms with Gasteiger partial charge in [-0.1, -0.05) is 30.6 Å². The van der Waals surface area contributed by atoms with Crippen molar-refractivity contribution >= 4 is 0 Å². The molecule has 84 valence electrons. The molecule has 0 spiro atoms. The summed E-state index contributed by atoms with van der Waals surface area (Å²) in [6.07, 6.45) is 2.24. The van der Waals surface area contributed by atoms with E-state index in [1.165, 1.54) is 5.56 Å². The molecule has 1 aromatic heterocycles. The Balaban J connectivity index is 2.27. The monoisotopic (exact) mass is 218 g/mol. The van der Waals surface area contributed by atoms with Crippen LogP contribution in [0.2, 0.25) is 0 Å². The second-order valence-corrected chi connectivity index (χ2v) is 3.49. The van der Waals surface area contributed by atoms with E-state index in [1.54, 1.807) is 11.8 Å². The zero-order chi connectivity index (χ0) is 11.4. The van der Waals surface area contributed by atoms with E-state index in [1.807, 2.05) is 12.1 Å². The first-order chi connectivity index (χ1) is 7.85. The average Bonchev–Trinajstić information content (AvgIpc) is 2.78. The first-order valence-electron chi connectivity index (χ1n) is 5.27. The predicted molar refractivity (Wildman–Crippen MR) is 59.7 cm³/mol. The minimum absolute atomic E-state index is 0.392. The fraction of sp³-hybridized carbons (Fsp3) is 0.364. The van der Waals surface area contributed by atoms with Crippen LogP contribution in [0.25, 0.3) is 5.69 Å². The molecule has 0 aliphatic heterocycles. The standard InChI is InChI=1S/C11H14N4O/c1-3-4-9-5-7-10(8-6-9)15-11(16-2)12-13-14-15/h5-8H,3-4H2,1-2H3. The molecule has 0 saturated carbocycles. The smallest absolute Gasteiger partial charge is 0.340 e. The summed E-state index contributed by atoms with van der Waals surface area (Å²) in [6.45, 7) is 2.16. The Morgan fingerprint density at radius 3 is 2.62 bits per heavy atom. The number of ether oxygens (including phenoxy) is 1. The Morgan fingerprint density at radius 1 is 1.25 bits per heavy atom. The molecule has 1 aromatic carbocycles. The van der Waals surface area contributed by atoms with E-state index in [4.69, 9.17) is 4.74 Å². The highest BCUT2D eigenvalue weighted by molar-refractivity contribution is 5.35. The molecule has 0 fully saturated rings.